The van der Waals surface area contributed by atoms with Crippen LogP contribution in [-0.2, 0) is 35.1 Å². The number of nitrogens with one attached hydrogen (secondary N) is 4. The second-order valence-electron chi connectivity index (χ2n) is 12.0. The summed E-state index contributed by atoms with van der Waals surface area (Å²) in [6.07, 6.45) is 2.96. The first-order chi connectivity index (χ1) is 20.6. The molecule has 4 atom stereocenters. The highest BCUT2D eigenvalue weighted by Crippen LogP contribution is 2.21. The van der Waals surface area contributed by atoms with Crippen LogP contribution < -0.4 is 26.0 Å². The number of carbonyl (C=O) groups excluding carboxylic acids is 5. The van der Waals surface area contributed by atoms with Gasteiger partial charge in [-0.3, -0.25) is 24.0 Å². The van der Waals surface area contributed by atoms with Crippen LogP contribution >= 0.6 is 0 Å². The molecule has 43 heavy (non-hydrogen) atoms. The van der Waals surface area contributed by atoms with Gasteiger partial charge in [0.05, 0.1) is 6.54 Å². The predicted molar refractivity (Wildman–Crippen MR) is 158 cm³/mol. The molecule has 0 aliphatic carbocycles. The van der Waals surface area contributed by atoms with Crippen molar-refractivity contribution >= 4 is 29.5 Å². The molecule has 12 nitrogen and oxygen atoms in total. The fraction of sp³-hybridized carbons (Fsp3) is 0.645. The van der Waals surface area contributed by atoms with E-state index in [-0.39, 0.29) is 49.1 Å². The minimum absolute atomic E-state index is 0.0903. The lowest BCUT2D eigenvalue weighted by atomic mass is 9.97. The second-order valence-corrected chi connectivity index (χ2v) is 12.0. The Balaban J connectivity index is 1.56. The average molecular weight is 600 g/mol. The zero-order chi connectivity index (χ0) is 30.9. The lowest BCUT2D eigenvalue weighted by Crippen LogP contribution is -2.58. The van der Waals surface area contributed by atoms with E-state index in [0.29, 0.717) is 57.6 Å². The van der Waals surface area contributed by atoms with E-state index in [1.54, 1.807) is 24.0 Å². The number of rotatable bonds is 4. The first-order valence-corrected chi connectivity index (χ1v) is 15.4. The predicted octanol–water partition coefficient (Wildman–Crippen LogP) is 0.676. The third kappa shape index (κ3) is 8.92. The van der Waals surface area contributed by atoms with E-state index in [4.69, 9.17) is 9.47 Å². The molecule has 2 fully saturated rings. The molecule has 12 heteroatoms. The van der Waals surface area contributed by atoms with Crippen LogP contribution in [0.4, 0.5) is 0 Å². The molecule has 4 heterocycles. The summed E-state index contributed by atoms with van der Waals surface area (Å²) in [5.41, 5.74) is 0.795. The van der Waals surface area contributed by atoms with Crippen LogP contribution in [0.15, 0.2) is 24.3 Å². The Morgan fingerprint density at radius 1 is 0.977 bits per heavy atom. The van der Waals surface area contributed by atoms with Crippen molar-refractivity contribution in [1.29, 1.82) is 0 Å². The maximum atomic E-state index is 13.7. The molecule has 0 radical (unpaired) electrons. The van der Waals surface area contributed by atoms with Crippen LogP contribution in [0.5, 0.6) is 5.75 Å². The Bertz CT molecular complexity index is 1150. The number of amides is 5. The van der Waals surface area contributed by atoms with Gasteiger partial charge in [0.2, 0.25) is 29.5 Å². The van der Waals surface area contributed by atoms with Crippen molar-refractivity contribution in [3.63, 3.8) is 0 Å². The van der Waals surface area contributed by atoms with Gasteiger partial charge in [0.25, 0.3) is 0 Å². The standard InChI is InChI=1S/C31H45N5O7/c1-19(2)17-25-31(41)36-13-4-5-26(36)30(40)32-12-16-43-23-8-6-21(7-9-23)18-24(29(39)33-20(3)27(37)35-25)34-28(38)22-10-14-42-15-11-22/h6-9,19-20,22,24-26H,4-5,10-18H2,1-3H3,(H,32,40)(H,33,39)(H,34,38)(H,35,37)/t20-,24+,25+,26-/m1/s1. The summed E-state index contributed by atoms with van der Waals surface area (Å²) < 4.78 is 11.2. The number of benzene rings is 1. The van der Waals surface area contributed by atoms with Crippen molar-refractivity contribution in [3.05, 3.63) is 29.8 Å². The number of fused-ring (bicyclic) bond motifs is 14. The molecular formula is C31H45N5O7. The summed E-state index contributed by atoms with van der Waals surface area (Å²) in [4.78, 5) is 68.1. The average Bonchev–Trinajstić information content (AvgIpc) is 3.49. The van der Waals surface area contributed by atoms with Crippen LogP contribution in [0, 0.1) is 11.8 Å². The third-order valence-corrected chi connectivity index (χ3v) is 8.17. The van der Waals surface area contributed by atoms with E-state index in [2.05, 4.69) is 21.3 Å². The topological polar surface area (TPSA) is 155 Å². The molecular weight excluding hydrogens is 554 g/mol. The van der Waals surface area contributed by atoms with Gasteiger partial charge in [-0.15, -0.1) is 0 Å². The van der Waals surface area contributed by atoms with E-state index in [9.17, 15) is 24.0 Å². The second kappa shape index (κ2) is 15.2. The minimum atomic E-state index is -0.975. The number of carbonyl (C=O) groups is 5. The zero-order valence-corrected chi connectivity index (χ0v) is 25.4. The Labute approximate surface area is 253 Å². The lowest BCUT2D eigenvalue weighted by Gasteiger charge is -2.30. The highest BCUT2D eigenvalue weighted by Gasteiger charge is 2.38. The molecule has 4 N–H and O–H groups in total. The molecule has 0 aromatic heterocycles. The smallest absolute Gasteiger partial charge is 0.245 e. The van der Waals surface area contributed by atoms with Crippen molar-refractivity contribution < 1.29 is 33.4 Å². The van der Waals surface area contributed by atoms with Gasteiger partial charge in [-0.1, -0.05) is 26.0 Å². The first-order valence-electron chi connectivity index (χ1n) is 15.4. The van der Waals surface area contributed by atoms with Gasteiger partial charge in [0.15, 0.2) is 0 Å². The van der Waals surface area contributed by atoms with E-state index in [1.807, 2.05) is 26.0 Å². The van der Waals surface area contributed by atoms with E-state index in [0.717, 1.165) is 5.56 Å². The molecule has 0 spiro atoms. The lowest BCUT2D eigenvalue weighted by molar-refractivity contribution is -0.142. The molecule has 2 saturated heterocycles. The van der Waals surface area contributed by atoms with Crippen LogP contribution in [0.1, 0.15) is 58.4 Å². The van der Waals surface area contributed by atoms with Gasteiger partial charge in [-0.2, -0.15) is 0 Å². The van der Waals surface area contributed by atoms with Gasteiger partial charge < -0.3 is 35.6 Å². The van der Waals surface area contributed by atoms with Crippen LogP contribution in [0.25, 0.3) is 0 Å². The van der Waals surface area contributed by atoms with Crippen molar-refractivity contribution in [1.82, 2.24) is 26.2 Å². The third-order valence-electron chi connectivity index (χ3n) is 8.17. The monoisotopic (exact) mass is 599 g/mol. The molecule has 1 aromatic carbocycles. The van der Waals surface area contributed by atoms with Crippen LogP contribution in [0.3, 0.4) is 0 Å². The van der Waals surface area contributed by atoms with Gasteiger partial charge >= 0.3 is 0 Å². The minimum Gasteiger partial charge on any atom is -0.492 e. The summed E-state index contributed by atoms with van der Waals surface area (Å²) in [5, 5.41) is 11.3. The molecule has 0 saturated carbocycles. The number of ether oxygens (including phenoxy) is 2. The Kier molecular flexibility index (Phi) is 11.4. The molecule has 2 bridgehead atoms. The largest absolute Gasteiger partial charge is 0.492 e. The van der Waals surface area contributed by atoms with Crippen molar-refractivity contribution in [2.75, 3.05) is 32.9 Å². The summed E-state index contributed by atoms with van der Waals surface area (Å²) in [5.74, 6) is -1.37. The fourth-order valence-electron chi connectivity index (χ4n) is 5.75. The maximum absolute atomic E-state index is 13.7. The highest BCUT2D eigenvalue weighted by molar-refractivity contribution is 5.95. The summed E-state index contributed by atoms with van der Waals surface area (Å²) in [6.45, 7) is 7.36. The quantitative estimate of drug-likeness (QED) is 0.397. The Morgan fingerprint density at radius 3 is 2.40 bits per heavy atom. The number of nitrogens with zero attached hydrogens (tertiary/aromatic N) is 1. The number of hydrogen-bond acceptors (Lipinski definition) is 7. The van der Waals surface area contributed by atoms with E-state index in [1.165, 1.54) is 0 Å². The van der Waals surface area contributed by atoms with Crippen LogP contribution in [-0.4, -0.2) is 91.5 Å². The van der Waals surface area contributed by atoms with Crippen molar-refractivity contribution in [2.24, 2.45) is 11.8 Å². The molecule has 4 aliphatic rings. The molecule has 0 unspecified atom stereocenters. The summed E-state index contributed by atoms with van der Waals surface area (Å²) >= 11 is 0. The Hall–Kier alpha value is -3.67. The summed E-state index contributed by atoms with van der Waals surface area (Å²) in [6, 6.07) is 3.81. The molecule has 1 aromatic rings. The fourth-order valence-corrected chi connectivity index (χ4v) is 5.75. The van der Waals surface area contributed by atoms with Gasteiger partial charge in [0, 0.05) is 32.1 Å². The van der Waals surface area contributed by atoms with E-state index >= 15 is 0 Å². The maximum Gasteiger partial charge on any atom is 0.245 e. The number of hydrogen-bond donors (Lipinski definition) is 4. The molecule has 5 amide bonds. The van der Waals surface area contributed by atoms with Crippen LogP contribution in [0.2, 0.25) is 0 Å². The van der Waals surface area contributed by atoms with E-state index < -0.39 is 36.0 Å². The van der Waals surface area contributed by atoms with Gasteiger partial charge in [0.1, 0.15) is 36.5 Å². The zero-order valence-electron chi connectivity index (χ0n) is 25.4. The van der Waals surface area contributed by atoms with Gasteiger partial charge in [-0.05, 0) is 62.6 Å². The first kappa shape index (κ1) is 32.2. The molecule has 5 rings (SSSR count). The normalized spacial score (nSPS) is 26.7. The SMILES string of the molecule is CC(C)C[C@@H]1NC(=O)[C@@H](C)NC(=O)[C@@H](NC(=O)C2CCOCC2)Cc2ccc(cc2)OCCNC(=O)[C@H]2CCCN2C1=O. The highest BCUT2D eigenvalue weighted by atomic mass is 16.5. The summed E-state index contributed by atoms with van der Waals surface area (Å²) in [7, 11) is 0. The van der Waals surface area contributed by atoms with Crippen molar-refractivity contribution in [2.45, 2.75) is 83.5 Å². The molecule has 4 aliphatic heterocycles. The Morgan fingerprint density at radius 2 is 1.70 bits per heavy atom. The van der Waals surface area contributed by atoms with Gasteiger partial charge in [-0.25, -0.2) is 0 Å². The van der Waals surface area contributed by atoms with Crippen molar-refractivity contribution in [3.8, 4) is 5.75 Å². The molecule has 236 valence electrons.